The molecule has 31 heavy (non-hydrogen) atoms. The van der Waals surface area contributed by atoms with E-state index in [1.165, 1.54) is 10.5 Å². The summed E-state index contributed by atoms with van der Waals surface area (Å²) in [4.78, 5) is 37.8. The third-order valence-electron chi connectivity index (χ3n) is 6.23. The molecule has 3 heterocycles. The molecule has 2 saturated heterocycles. The smallest absolute Gasteiger partial charge is 0.325 e. The second-order valence-electron chi connectivity index (χ2n) is 8.15. The molecule has 1 N–H and O–H groups in total. The second-order valence-corrected chi connectivity index (χ2v) is 8.15. The van der Waals surface area contributed by atoms with Gasteiger partial charge in [-0.25, -0.2) is 9.79 Å². The minimum absolute atomic E-state index is 0.287. The molecule has 0 spiro atoms. The Morgan fingerprint density at radius 2 is 1.84 bits per heavy atom. The van der Waals surface area contributed by atoms with Crippen LogP contribution in [0, 0.1) is 0 Å². The van der Waals surface area contributed by atoms with Crippen LogP contribution in [0.2, 0.25) is 0 Å². The van der Waals surface area contributed by atoms with Crippen LogP contribution in [0.3, 0.4) is 0 Å². The van der Waals surface area contributed by atoms with Crippen molar-refractivity contribution in [1.29, 1.82) is 0 Å². The molecule has 3 aliphatic heterocycles. The molecular formula is C22H32N6O3. The summed E-state index contributed by atoms with van der Waals surface area (Å²) in [5, 5.41) is 2.45. The first kappa shape index (κ1) is 21.6. The van der Waals surface area contributed by atoms with Crippen molar-refractivity contribution in [2.75, 3.05) is 59.5 Å². The summed E-state index contributed by atoms with van der Waals surface area (Å²) in [5.41, 5.74) is 1.36. The van der Waals surface area contributed by atoms with Crippen molar-refractivity contribution in [3.63, 3.8) is 0 Å². The Morgan fingerprint density at radius 1 is 1.10 bits per heavy atom. The average molecular weight is 429 g/mol. The van der Waals surface area contributed by atoms with E-state index in [9.17, 15) is 9.59 Å². The van der Waals surface area contributed by atoms with Gasteiger partial charge in [0, 0.05) is 52.9 Å². The molecule has 168 valence electrons. The van der Waals surface area contributed by atoms with Gasteiger partial charge in [0.05, 0.1) is 6.61 Å². The highest BCUT2D eigenvalue weighted by molar-refractivity contribution is 6.03. The number of amides is 3. The van der Waals surface area contributed by atoms with Crippen molar-refractivity contribution in [1.82, 2.24) is 24.9 Å². The molecule has 2 unspecified atom stereocenters. The number of guanidine groups is 1. The van der Waals surface area contributed by atoms with Gasteiger partial charge in [0.1, 0.15) is 0 Å². The van der Waals surface area contributed by atoms with Crippen LogP contribution in [0.15, 0.2) is 35.3 Å². The lowest BCUT2D eigenvalue weighted by molar-refractivity contribution is -0.127. The van der Waals surface area contributed by atoms with E-state index in [4.69, 9.17) is 9.73 Å². The normalized spacial score (nSPS) is 24.3. The molecule has 9 nitrogen and oxygen atoms in total. The van der Waals surface area contributed by atoms with Gasteiger partial charge in [0.2, 0.25) is 0 Å². The standard InChI is InChI=1S/C22H32N6O3/c1-3-31-16-15-28-18-19(25(2)22(30)24-20(18)29)23-21(28)27-13-11-26(12-14-27)10-9-17-7-5-4-6-8-17/h4-8,18-19H,3,9-16H2,1-2H3,(H,24,29,30). The zero-order valence-electron chi connectivity index (χ0n) is 18.4. The second kappa shape index (κ2) is 9.65. The van der Waals surface area contributed by atoms with Crippen molar-refractivity contribution in [2.24, 2.45) is 4.99 Å². The molecule has 0 aromatic heterocycles. The molecule has 2 fully saturated rings. The Morgan fingerprint density at radius 3 is 2.55 bits per heavy atom. The van der Waals surface area contributed by atoms with Crippen LogP contribution < -0.4 is 5.32 Å². The highest BCUT2D eigenvalue weighted by atomic mass is 16.5. The molecule has 0 bridgehead atoms. The third kappa shape index (κ3) is 4.67. The van der Waals surface area contributed by atoms with E-state index in [-0.39, 0.29) is 5.91 Å². The van der Waals surface area contributed by atoms with Gasteiger partial charge in [-0.1, -0.05) is 30.3 Å². The molecule has 0 aliphatic carbocycles. The van der Waals surface area contributed by atoms with Crippen molar-refractivity contribution < 1.29 is 14.3 Å². The van der Waals surface area contributed by atoms with Gasteiger partial charge < -0.3 is 19.4 Å². The SMILES string of the molecule is CCOCCN1C(N2CCN(CCc3ccccc3)CC2)=NC2C1C(=O)NC(=O)N2C. The predicted octanol–water partition coefficient (Wildman–Crippen LogP) is 0.431. The third-order valence-corrected chi connectivity index (χ3v) is 6.23. The number of hydrogen-bond donors (Lipinski definition) is 1. The van der Waals surface area contributed by atoms with Gasteiger partial charge in [0.25, 0.3) is 5.91 Å². The Labute approximate surface area is 183 Å². The van der Waals surface area contributed by atoms with Crippen LogP contribution in [-0.4, -0.2) is 109 Å². The lowest BCUT2D eigenvalue weighted by Gasteiger charge is -2.40. The van der Waals surface area contributed by atoms with E-state index < -0.39 is 18.2 Å². The molecule has 4 rings (SSSR count). The number of hydrogen-bond acceptors (Lipinski definition) is 7. The van der Waals surface area contributed by atoms with Crippen LogP contribution in [0.25, 0.3) is 0 Å². The lowest BCUT2D eigenvalue weighted by Crippen LogP contribution is -2.65. The van der Waals surface area contributed by atoms with Gasteiger partial charge in [-0.2, -0.15) is 0 Å². The van der Waals surface area contributed by atoms with Crippen molar-refractivity contribution >= 4 is 17.9 Å². The fourth-order valence-electron chi connectivity index (χ4n) is 4.42. The zero-order valence-corrected chi connectivity index (χ0v) is 18.4. The number of nitrogens with one attached hydrogen (secondary N) is 1. The predicted molar refractivity (Wildman–Crippen MR) is 118 cm³/mol. The average Bonchev–Trinajstić information content (AvgIpc) is 3.17. The minimum Gasteiger partial charge on any atom is -0.380 e. The lowest BCUT2D eigenvalue weighted by atomic mass is 10.1. The first-order valence-electron chi connectivity index (χ1n) is 11.1. The van der Waals surface area contributed by atoms with Crippen LogP contribution >= 0.6 is 0 Å². The quantitative estimate of drug-likeness (QED) is 0.635. The number of fused-ring (bicyclic) bond motifs is 1. The Balaban J connectivity index is 1.40. The molecule has 1 aromatic rings. The Kier molecular flexibility index (Phi) is 6.72. The highest BCUT2D eigenvalue weighted by Crippen LogP contribution is 2.25. The van der Waals surface area contributed by atoms with Gasteiger partial charge in [0.15, 0.2) is 18.2 Å². The Bertz CT molecular complexity index is 809. The van der Waals surface area contributed by atoms with E-state index in [1.807, 2.05) is 17.9 Å². The molecule has 1 aromatic carbocycles. The summed E-state index contributed by atoms with van der Waals surface area (Å²) in [5.74, 6) is 0.513. The van der Waals surface area contributed by atoms with Crippen molar-refractivity contribution in [2.45, 2.75) is 25.6 Å². The summed E-state index contributed by atoms with van der Waals surface area (Å²) < 4.78 is 5.55. The fraction of sp³-hybridized carbons (Fsp3) is 0.591. The molecular weight excluding hydrogens is 396 g/mol. The van der Waals surface area contributed by atoms with Crippen molar-refractivity contribution in [3.8, 4) is 0 Å². The molecule has 9 heteroatoms. The number of aliphatic imine (C=N–C) groups is 1. The van der Waals surface area contributed by atoms with Gasteiger partial charge >= 0.3 is 6.03 Å². The number of likely N-dealkylation sites (N-methyl/N-ethyl adjacent to an activating group) is 1. The van der Waals surface area contributed by atoms with E-state index >= 15 is 0 Å². The Hall–Kier alpha value is -2.65. The topological polar surface area (TPSA) is 80.7 Å². The van der Waals surface area contributed by atoms with Crippen molar-refractivity contribution in [3.05, 3.63) is 35.9 Å². The number of benzene rings is 1. The first-order valence-corrected chi connectivity index (χ1v) is 11.1. The highest BCUT2D eigenvalue weighted by Gasteiger charge is 2.49. The zero-order chi connectivity index (χ0) is 21.8. The molecule has 3 aliphatic rings. The summed E-state index contributed by atoms with van der Waals surface area (Å²) in [7, 11) is 1.69. The first-order chi connectivity index (χ1) is 15.1. The minimum atomic E-state index is -0.505. The number of piperazine rings is 1. The van der Waals surface area contributed by atoms with Crippen LogP contribution in [0.1, 0.15) is 12.5 Å². The maximum atomic E-state index is 12.6. The van der Waals surface area contributed by atoms with Crippen LogP contribution in [0.5, 0.6) is 0 Å². The summed E-state index contributed by atoms with van der Waals surface area (Å²) in [6, 6.07) is 9.65. The van der Waals surface area contributed by atoms with E-state index in [1.54, 1.807) is 7.05 Å². The number of ether oxygens (including phenoxy) is 1. The summed E-state index contributed by atoms with van der Waals surface area (Å²) in [6.45, 7) is 8.27. The number of nitrogens with zero attached hydrogens (tertiary/aromatic N) is 5. The molecule has 0 radical (unpaired) electrons. The molecule has 3 amide bonds. The number of rotatable bonds is 7. The van der Waals surface area contributed by atoms with Crippen LogP contribution in [-0.2, 0) is 16.0 Å². The van der Waals surface area contributed by atoms with Gasteiger partial charge in [-0.3, -0.25) is 15.0 Å². The van der Waals surface area contributed by atoms with Crippen LogP contribution in [0.4, 0.5) is 4.79 Å². The number of carbonyl (C=O) groups excluding carboxylic acids is 2. The monoisotopic (exact) mass is 428 g/mol. The van der Waals surface area contributed by atoms with E-state index in [2.05, 4.69) is 39.4 Å². The summed E-state index contributed by atoms with van der Waals surface area (Å²) >= 11 is 0. The maximum Gasteiger partial charge on any atom is 0.325 e. The number of carbonyl (C=O) groups is 2. The van der Waals surface area contributed by atoms with Gasteiger partial charge in [-0.15, -0.1) is 0 Å². The maximum absolute atomic E-state index is 12.6. The number of imide groups is 1. The molecule has 0 saturated carbocycles. The summed E-state index contributed by atoms with van der Waals surface area (Å²) in [6.07, 6.45) is 0.549. The fourth-order valence-corrected chi connectivity index (χ4v) is 4.42. The van der Waals surface area contributed by atoms with E-state index in [0.29, 0.717) is 19.8 Å². The van der Waals surface area contributed by atoms with E-state index in [0.717, 1.165) is 45.1 Å². The largest absolute Gasteiger partial charge is 0.380 e. The van der Waals surface area contributed by atoms with Gasteiger partial charge in [-0.05, 0) is 18.9 Å². The molecule has 2 atom stereocenters. The number of urea groups is 1.